The first-order chi connectivity index (χ1) is 8.22. The highest BCUT2D eigenvalue weighted by molar-refractivity contribution is 7.13. The minimum Gasteiger partial charge on any atom is -0.385 e. The van der Waals surface area contributed by atoms with Crippen LogP contribution in [0.3, 0.4) is 0 Å². The Hall–Kier alpha value is -2.02. The van der Waals surface area contributed by atoms with E-state index in [2.05, 4.69) is 20.8 Å². The summed E-state index contributed by atoms with van der Waals surface area (Å²) in [4.78, 5) is 11.9. The quantitative estimate of drug-likeness (QED) is 0.876. The Morgan fingerprint density at radius 1 is 1.47 bits per heavy atom. The number of rotatable bonds is 3. The van der Waals surface area contributed by atoms with Crippen molar-refractivity contribution in [1.29, 1.82) is 0 Å². The van der Waals surface area contributed by atoms with Crippen molar-refractivity contribution in [2.24, 2.45) is 0 Å². The zero-order valence-electron chi connectivity index (χ0n) is 8.90. The maximum atomic E-state index is 13.4. The first-order valence-corrected chi connectivity index (χ1v) is 5.64. The number of halogens is 1. The second kappa shape index (κ2) is 4.88. The van der Waals surface area contributed by atoms with E-state index in [4.69, 9.17) is 0 Å². The average molecular weight is 252 g/mol. The van der Waals surface area contributed by atoms with E-state index in [-0.39, 0.29) is 11.3 Å². The number of carbonyl (C=O) groups is 1. The largest absolute Gasteiger partial charge is 0.385 e. The van der Waals surface area contributed by atoms with Gasteiger partial charge in [-0.05, 0) is 12.1 Å². The molecule has 2 N–H and O–H groups in total. The molecular weight excluding hydrogens is 243 g/mol. The third-order valence-electron chi connectivity index (χ3n) is 2.09. The molecule has 0 bridgehead atoms. The topological polar surface area (TPSA) is 66.9 Å². The van der Waals surface area contributed by atoms with Gasteiger partial charge in [0, 0.05) is 7.05 Å². The maximum Gasteiger partial charge on any atom is 0.259 e. The average Bonchev–Trinajstić information content (AvgIpc) is 2.81. The number of benzene rings is 1. The highest BCUT2D eigenvalue weighted by atomic mass is 32.1. The lowest BCUT2D eigenvalue weighted by Gasteiger charge is -2.08. The molecule has 7 heteroatoms. The van der Waals surface area contributed by atoms with Crippen LogP contribution in [0.4, 0.5) is 15.2 Å². The molecule has 1 amide bonds. The number of para-hydroxylation sites is 1. The van der Waals surface area contributed by atoms with E-state index in [1.165, 1.54) is 35.0 Å². The van der Waals surface area contributed by atoms with Gasteiger partial charge in [-0.15, -0.1) is 10.2 Å². The van der Waals surface area contributed by atoms with Crippen LogP contribution in [0.25, 0.3) is 0 Å². The summed E-state index contributed by atoms with van der Waals surface area (Å²) in [6.45, 7) is 0. The number of nitrogens with one attached hydrogen (secondary N) is 2. The summed E-state index contributed by atoms with van der Waals surface area (Å²) in [6, 6.07) is 4.30. The summed E-state index contributed by atoms with van der Waals surface area (Å²) in [5.74, 6) is -0.900. The van der Waals surface area contributed by atoms with Crippen LogP contribution in [0.1, 0.15) is 10.4 Å². The molecule has 0 aliphatic heterocycles. The first-order valence-electron chi connectivity index (χ1n) is 4.76. The second-order valence-corrected chi connectivity index (χ2v) is 3.94. The van der Waals surface area contributed by atoms with Crippen molar-refractivity contribution in [1.82, 2.24) is 10.2 Å². The predicted octanol–water partition coefficient (Wildman–Crippen LogP) is 1.97. The van der Waals surface area contributed by atoms with Crippen LogP contribution in [0.15, 0.2) is 23.7 Å². The van der Waals surface area contributed by atoms with E-state index in [0.29, 0.717) is 5.13 Å². The molecule has 88 valence electrons. The SMILES string of the molecule is CNc1c(F)cccc1C(=O)Nc1nncs1. The molecular formula is C10H9FN4OS. The van der Waals surface area contributed by atoms with Crippen LogP contribution in [0.5, 0.6) is 0 Å². The minimum absolute atomic E-state index is 0.162. The van der Waals surface area contributed by atoms with Crippen molar-refractivity contribution in [2.45, 2.75) is 0 Å². The molecule has 1 aromatic carbocycles. The van der Waals surface area contributed by atoms with Crippen LogP contribution in [-0.4, -0.2) is 23.2 Å². The Labute approximate surface area is 101 Å². The van der Waals surface area contributed by atoms with Crippen molar-refractivity contribution in [2.75, 3.05) is 17.7 Å². The molecule has 2 rings (SSSR count). The van der Waals surface area contributed by atoms with Gasteiger partial charge in [0.05, 0.1) is 11.3 Å². The Balaban J connectivity index is 2.28. The summed E-state index contributed by atoms with van der Waals surface area (Å²) >= 11 is 1.20. The van der Waals surface area contributed by atoms with Gasteiger partial charge in [0.15, 0.2) is 0 Å². The zero-order chi connectivity index (χ0) is 12.3. The lowest BCUT2D eigenvalue weighted by atomic mass is 10.1. The zero-order valence-corrected chi connectivity index (χ0v) is 9.71. The minimum atomic E-state index is -0.475. The molecule has 0 atom stereocenters. The van der Waals surface area contributed by atoms with Gasteiger partial charge >= 0.3 is 0 Å². The fourth-order valence-electron chi connectivity index (χ4n) is 1.36. The van der Waals surface area contributed by atoms with Gasteiger partial charge in [0.25, 0.3) is 5.91 Å². The van der Waals surface area contributed by atoms with Crippen LogP contribution in [0.2, 0.25) is 0 Å². The monoisotopic (exact) mass is 252 g/mol. The number of hydrogen-bond acceptors (Lipinski definition) is 5. The van der Waals surface area contributed by atoms with E-state index >= 15 is 0 Å². The van der Waals surface area contributed by atoms with Crippen molar-refractivity contribution >= 4 is 28.1 Å². The van der Waals surface area contributed by atoms with Crippen LogP contribution in [-0.2, 0) is 0 Å². The number of anilines is 2. The lowest BCUT2D eigenvalue weighted by Crippen LogP contribution is -2.14. The molecule has 0 spiro atoms. The molecule has 0 radical (unpaired) electrons. The van der Waals surface area contributed by atoms with Gasteiger partial charge < -0.3 is 5.32 Å². The molecule has 2 aromatic rings. The van der Waals surface area contributed by atoms with Gasteiger partial charge in [-0.25, -0.2) is 4.39 Å². The summed E-state index contributed by atoms with van der Waals surface area (Å²) in [5, 5.41) is 12.8. The van der Waals surface area contributed by atoms with Gasteiger partial charge in [-0.1, -0.05) is 17.4 Å². The van der Waals surface area contributed by atoms with E-state index < -0.39 is 11.7 Å². The molecule has 17 heavy (non-hydrogen) atoms. The standard InChI is InChI=1S/C10H9FN4OS/c1-12-8-6(3-2-4-7(8)11)9(16)14-10-15-13-5-17-10/h2-5,12H,1H3,(H,14,15,16). The molecule has 0 aliphatic carbocycles. The highest BCUT2D eigenvalue weighted by Crippen LogP contribution is 2.20. The van der Waals surface area contributed by atoms with E-state index in [9.17, 15) is 9.18 Å². The maximum absolute atomic E-state index is 13.4. The van der Waals surface area contributed by atoms with Gasteiger partial charge in [-0.2, -0.15) is 0 Å². The van der Waals surface area contributed by atoms with Gasteiger partial charge in [0.1, 0.15) is 11.3 Å². The predicted molar refractivity (Wildman–Crippen MR) is 63.8 cm³/mol. The summed E-state index contributed by atoms with van der Waals surface area (Å²) < 4.78 is 13.4. The number of aromatic nitrogens is 2. The third-order valence-corrected chi connectivity index (χ3v) is 2.70. The fraction of sp³-hybridized carbons (Fsp3) is 0.100. The Morgan fingerprint density at radius 3 is 2.94 bits per heavy atom. The highest BCUT2D eigenvalue weighted by Gasteiger charge is 2.14. The van der Waals surface area contributed by atoms with Crippen molar-refractivity contribution in [3.63, 3.8) is 0 Å². The second-order valence-electron chi connectivity index (χ2n) is 3.11. The fourth-order valence-corrected chi connectivity index (χ4v) is 1.80. The van der Waals surface area contributed by atoms with Gasteiger partial charge in [0.2, 0.25) is 5.13 Å². The molecule has 1 aromatic heterocycles. The van der Waals surface area contributed by atoms with Crippen molar-refractivity contribution in [3.05, 3.63) is 35.1 Å². The Bertz CT molecular complexity index is 529. The van der Waals surface area contributed by atoms with Crippen LogP contribution in [0, 0.1) is 5.82 Å². The summed E-state index contributed by atoms with van der Waals surface area (Å²) in [6.07, 6.45) is 0. The normalized spacial score (nSPS) is 10.0. The van der Waals surface area contributed by atoms with Crippen LogP contribution < -0.4 is 10.6 Å². The third kappa shape index (κ3) is 2.39. The molecule has 0 aliphatic rings. The lowest BCUT2D eigenvalue weighted by molar-refractivity contribution is 0.102. The Morgan fingerprint density at radius 2 is 2.29 bits per heavy atom. The summed E-state index contributed by atoms with van der Waals surface area (Å²) in [7, 11) is 1.56. The number of nitrogens with zero attached hydrogens (tertiary/aromatic N) is 2. The molecule has 0 saturated carbocycles. The summed E-state index contributed by atoms with van der Waals surface area (Å²) in [5.41, 5.74) is 1.89. The van der Waals surface area contributed by atoms with E-state index in [0.717, 1.165) is 0 Å². The molecule has 0 fully saturated rings. The van der Waals surface area contributed by atoms with Crippen molar-refractivity contribution < 1.29 is 9.18 Å². The smallest absolute Gasteiger partial charge is 0.259 e. The van der Waals surface area contributed by atoms with Crippen LogP contribution >= 0.6 is 11.3 Å². The van der Waals surface area contributed by atoms with E-state index in [1.54, 1.807) is 7.05 Å². The first kappa shape index (κ1) is 11.5. The van der Waals surface area contributed by atoms with E-state index in [1.807, 2.05) is 0 Å². The molecule has 1 heterocycles. The Kier molecular flexibility index (Phi) is 3.29. The number of hydrogen-bond donors (Lipinski definition) is 2. The molecule has 0 unspecified atom stereocenters. The molecule has 0 saturated heterocycles. The molecule has 5 nitrogen and oxygen atoms in total. The van der Waals surface area contributed by atoms with Gasteiger partial charge in [-0.3, -0.25) is 10.1 Å². The number of carbonyl (C=O) groups excluding carboxylic acids is 1. The van der Waals surface area contributed by atoms with Crippen molar-refractivity contribution in [3.8, 4) is 0 Å². The number of amides is 1.